The van der Waals surface area contributed by atoms with Gasteiger partial charge < -0.3 is 79.7 Å². The Hall–Kier alpha value is -8.58. The molecule has 2 fully saturated rings. The zero-order chi connectivity index (χ0) is 101. The number of rotatable bonds is 48. The number of aliphatic hydroxyl groups is 2. The van der Waals surface area contributed by atoms with Gasteiger partial charge in [0.2, 0.25) is 35.4 Å². The fourth-order valence-electron chi connectivity index (χ4n) is 18.7. The Morgan fingerprint density at radius 1 is 0.466 bits per heavy atom. The number of nitrogens with one attached hydrogen (secondary N) is 2. The molecule has 6 rings (SSSR count). The van der Waals surface area contributed by atoms with Gasteiger partial charge in [0.25, 0.3) is 0 Å². The molecule has 0 saturated carbocycles. The van der Waals surface area contributed by atoms with Crippen LogP contribution in [0, 0.1) is 53.3 Å². The van der Waals surface area contributed by atoms with E-state index < -0.39 is 108 Å². The summed E-state index contributed by atoms with van der Waals surface area (Å²) in [6, 6.07) is 29.6. The van der Waals surface area contributed by atoms with Crippen LogP contribution in [-0.2, 0) is 102 Å². The van der Waals surface area contributed by atoms with Crippen LogP contribution in [0.15, 0.2) is 109 Å². The number of nitrogens with two attached hydrogens (primary N) is 1. The van der Waals surface area contributed by atoms with Gasteiger partial charge in [-0.15, -0.1) is 0 Å². The number of hydrogen-bond acceptors (Lipinski definition) is 21. The molecule has 0 unspecified atom stereocenters. The highest BCUT2D eigenvalue weighted by molar-refractivity contribution is 5.90. The van der Waals surface area contributed by atoms with E-state index in [9.17, 15) is 63.3 Å². The maximum Gasteiger partial charge on any atom is 0.321 e. The number of likely N-dealkylation sites (tertiary alicyclic amines) is 2. The summed E-state index contributed by atoms with van der Waals surface area (Å²) in [6.07, 6.45) is 0.902. The van der Waals surface area contributed by atoms with Gasteiger partial charge in [0, 0.05) is 81.1 Å². The van der Waals surface area contributed by atoms with Crippen LogP contribution in [0.4, 0.5) is 0 Å². The quantitative estimate of drug-likeness (QED) is 0.0224. The summed E-state index contributed by atoms with van der Waals surface area (Å²) in [6.45, 7) is 44.0. The largest absolute Gasteiger partial charge is 0.480 e. The lowest BCUT2D eigenvalue weighted by molar-refractivity contribution is -0.155. The fourth-order valence-corrected chi connectivity index (χ4v) is 18.7. The predicted molar refractivity (Wildman–Crippen MR) is 521 cm³/mol. The number of ether oxygens (including phenoxy) is 6. The minimum Gasteiger partial charge on any atom is -0.480 e. The van der Waals surface area contributed by atoms with Gasteiger partial charge in [-0.2, -0.15) is 0 Å². The normalized spacial score (nSPS) is 18.3. The summed E-state index contributed by atoms with van der Waals surface area (Å²) in [7, 11) is 13.5. The van der Waals surface area contributed by atoms with Gasteiger partial charge in [0.15, 0.2) is 5.78 Å². The van der Waals surface area contributed by atoms with Gasteiger partial charge in [-0.3, -0.25) is 57.7 Å². The molecule has 2 aliphatic heterocycles. The molecule has 28 heteroatoms. The third kappa shape index (κ3) is 35.8. The van der Waals surface area contributed by atoms with Crippen molar-refractivity contribution in [2.24, 2.45) is 59.0 Å². The number of amides is 6. The number of likely N-dealkylation sites (N-methyl/N-ethyl adjacent to an activating group) is 4. The lowest BCUT2D eigenvalue weighted by Gasteiger charge is -2.41. The Morgan fingerprint density at radius 3 is 1.14 bits per heavy atom. The lowest BCUT2D eigenvalue weighted by atomic mass is 9.83. The monoisotopic (exact) mass is 1860 g/mol. The molecule has 6 amide bonds. The molecule has 0 radical (unpaired) electrons. The van der Waals surface area contributed by atoms with E-state index in [1.54, 1.807) is 92.0 Å². The third-order valence-electron chi connectivity index (χ3n) is 26.2. The highest BCUT2D eigenvalue weighted by Gasteiger charge is 2.47. The molecule has 28 nitrogen and oxygen atoms in total. The standard InChI is InChI=1S/C53H84N4O9.C33H56N4O6.C19H29NO4/c1-16-35(6)48(44(64-14)31-45(59)57-27-21-26-42(57)50(65-15)36(7)51(62)54-37(8)49(61)40-24-18-17-19-25-40)56(13)52(63)41(33(2)3)30-43(58)47(34(4)5)55(12)32-39-23-20-22-38(28-39)29-46(60)66-53(9,10)11;1-10-21(4)29(36(7)33(41)28(34)20(2)3)26(42-8)19-27(38)37-18-14-17-25(37)31(43-9)22(5)32(40)35-23(6)30(39)24-15-12-11-13-16-24;1-13(2)17(18(22)23)20(6)12-15-9-7-8-14(10-15)11-16(21)24-19(3,4)5/h17-20,22-25,28,33-37,41-42,44,47-50,61H,16,21,26-27,29-32H2,1-15H3,(H,54,62);11-13,15-16,20-23,25-26,28-31,39H,10,14,17-19,34H2,1-9H3,(H,35,40);7-10,13,17H,11-12H2,1-6H3,(H,22,23)/t35-,36+,37+,41-,42-,44+,47-,48-,49+,50+;21-,22+,23+,25-,26+,28-,29-,30+,31+;17-/m000/s1. The summed E-state index contributed by atoms with van der Waals surface area (Å²) in [4.78, 5) is 144. The van der Waals surface area contributed by atoms with Crippen molar-refractivity contribution < 1.29 is 91.7 Å². The number of carbonyl (C=O) groups excluding carboxylic acids is 9. The molecule has 2 aliphatic rings. The number of methoxy groups -OCH3 is 4. The minimum absolute atomic E-state index is 0.0115. The van der Waals surface area contributed by atoms with Gasteiger partial charge in [-0.25, -0.2) is 0 Å². The van der Waals surface area contributed by atoms with Gasteiger partial charge in [0.1, 0.15) is 17.2 Å². The van der Waals surface area contributed by atoms with Crippen molar-refractivity contribution in [2.75, 3.05) is 69.7 Å². The maximum absolute atomic E-state index is 14.7. The summed E-state index contributed by atoms with van der Waals surface area (Å²) in [5.41, 5.74) is 10.2. The molecule has 2 heterocycles. The molecule has 0 bridgehead atoms. The number of ketones is 1. The number of aliphatic carboxylic acids is 1. The van der Waals surface area contributed by atoms with E-state index in [0.29, 0.717) is 44.6 Å². The molecule has 20 atom stereocenters. The van der Waals surface area contributed by atoms with Crippen LogP contribution < -0.4 is 16.4 Å². The molecule has 0 aromatic heterocycles. The van der Waals surface area contributed by atoms with Crippen molar-refractivity contribution in [3.63, 3.8) is 0 Å². The fraction of sp³-hybridized carbons (Fsp3) is 0.676. The topological polar surface area (TPSA) is 356 Å². The van der Waals surface area contributed by atoms with E-state index in [1.807, 2.05) is 228 Å². The number of carboxylic acid groups (broad SMARTS) is 1. The van der Waals surface area contributed by atoms with Gasteiger partial charge in [-0.05, 0) is 164 Å². The molecule has 4 aromatic rings. The van der Waals surface area contributed by atoms with Crippen molar-refractivity contribution in [3.05, 3.63) is 143 Å². The van der Waals surface area contributed by atoms with E-state index in [0.717, 1.165) is 53.5 Å². The second kappa shape index (κ2) is 55.6. The zero-order valence-electron chi connectivity index (χ0n) is 86.0. The number of hydrogen-bond donors (Lipinski definition) is 6. The SMILES string of the molecule is CC(C)[C@@H](C(=O)O)N(C)Cc1cccc(CC(=O)OC(C)(C)C)c1.CC[C@H](C)[C@@H]([C@@H](CC(=O)N1CCC[C@H]1[C@H](OC)[C@@H](C)C(=O)N[C@H](C)[C@@H](O)c1ccccc1)OC)N(C)C(=O)[C@@H](CC(=O)[C@H](C(C)C)N(C)Cc1cccc(CC(=O)OC(C)(C)C)c1)C(C)C.CC[C@H](C)[C@@H]([C@@H](CC(=O)N1CCC[C@H]1[C@H](OC)[C@@H](C)C(=O)N[C@H](C)[C@@H](O)c1ccccc1)OC)N(C)C(=O)[C@@H](N)C(C)C. The molecule has 748 valence electrons. The second-order valence-corrected chi connectivity index (χ2v) is 40.5. The van der Waals surface area contributed by atoms with Gasteiger partial charge >= 0.3 is 17.9 Å². The number of Topliss-reactive ketones (excluding diaryl/α,β-unsaturated/α-hetero) is 1. The number of benzene rings is 4. The van der Waals surface area contributed by atoms with E-state index in [-0.39, 0.29) is 139 Å². The van der Waals surface area contributed by atoms with E-state index in [1.165, 1.54) is 0 Å². The van der Waals surface area contributed by atoms with Crippen LogP contribution in [0.25, 0.3) is 0 Å². The number of carboxylic acids is 1. The van der Waals surface area contributed by atoms with Crippen molar-refractivity contribution in [3.8, 4) is 0 Å². The van der Waals surface area contributed by atoms with Crippen molar-refractivity contribution >= 4 is 59.1 Å². The van der Waals surface area contributed by atoms with E-state index in [4.69, 9.17) is 34.2 Å². The molecular weight excluding hydrogens is 1690 g/mol. The van der Waals surface area contributed by atoms with Crippen LogP contribution >= 0.6 is 0 Å². The highest BCUT2D eigenvalue weighted by atomic mass is 16.6. The summed E-state index contributed by atoms with van der Waals surface area (Å²) < 4.78 is 34.7. The van der Waals surface area contributed by atoms with Crippen LogP contribution in [-0.4, -0.2) is 264 Å². The summed E-state index contributed by atoms with van der Waals surface area (Å²) in [5.74, 6) is -4.46. The molecule has 4 aromatic carbocycles. The molecule has 0 spiro atoms. The maximum atomic E-state index is 14.7. The molecule has 0 aliphatic carbocycles. The first kappa shape index (κ1) is 117. The summed E-state index contributed by atoms with van der Waals surface area (Å²) >= 11 is 0. The van der Waals surface area contributed by atoms with Crippen molar-refractivity contribution in [2.45, 2.75) is 338 Å². The zero-order valence-corrected chi connectivity index (χ0v) is 86.0. The first-order chi connectivity index (χ1) is 62.2. The first-order valence-corrected chi connectivity index (χ1v) is 48.1. The second-order valence-electron chi connectivity index (χ2n) is 40.5. The first-order valence-electron chi connectivity index (χ1n) is 48.1. The van der Waals surface area contributed by atoms with Gasteiger partial charge in [0.05, 0.1) is 122 Å². The Kier molecular flexibility index (Phi) is 48.8. The smallest absolute Gasteiger partial charge is 0.321 e. The summed E-state index contributed by atoms with van der Waals surface area (Å²) in [5, 5.41) is 36.9. The van der Waals surface area contributed by atoms with Crippen LogP contribution in [0.3, 0.4) is 0 Å². The predicted octanol–water partition coefficient (Wildman–Crippen LogP) is 13.7. The number of carbonyl (C=O) groups is 10. The Morgan fingerprint density at radius 2 is 0.820 bits per heavy atom. The highest BCUT2D eigenvalue weighted by Crippen LogP contribution is 2.35. The molecular formula is C105H169N9O19. The average molecular weight is 1860 g/mol. The van der Waals surface area contributed by atoms with E-state index >= 15 is 0 Å². The van der Waals surface area contributed by atoms with Crippen LogP contribution in [0.2, 0.25) is 0 Å². The number of nitrogens with zero attached hydrogens (tertiary/aromatic N) is 6. The Labute approximate surface area is 796 Å². The van der Waals surface area contributed by atoms with Crippen LogP contribution in [0.5, 0.6) is 0 Å². The average Bonchev–Trinajstić information content (AvgIpc) is 1.48. The molecule has 133 heavy (non-hydrogen) atoms. The van der Waals surface area contributed by atoms with Crippen molar-refractivity contribution in [1.29, 1.82) is 0 Å². The number of esters is 2. The lowest BCUT2D eigenvalue weighted by Crippen LogP contribution is -2.56. The minimum atomic E-state index is -0.892. The molecule has 7 N–H and O–H groups in total. The van der Waals surface area contributed by atoms with Gasteiger partial charge in [-0.1, -0.05) is 219 Å². The van der Waals surface area contributed by atoms with Crippen LogP contribution in [0.1, 0.15) is 256 Å². The Balaban J connectivity index is 0.000000469. The third-order valence-corrected chi connectivity index (χ3v) is 26.2. The Bertz CT molecular complexity index is 4250. The van der Waals surface area contributed by atoms with E-state index in [2.05, 4.69) is 38.3 Å². The van der Waals surface area contributed by atoms with Crippen molar-refractivity contribution in [1.82, 2.24) is 40.0 Å². The molecule has 2 saturated heterocycles. The number of aliphatic hydroxyl groups excluding tert-OH is 2.